The molecule has 4 N–H and O–H groups in total. The summed E-state index contributed by atoms with van der Waals surface area (Å²) in [6, 6.07) is 7.69. The first-order valence-electron chi connectivity index (χ1n) is 9.85. The van der Waals surface area contributed by atoms with Crippen molar-refractivity contribution in [2.24, 2.45) is 0 Å². The number of aliphatic hydroxyl groups is 3. The molecule has 1 aromatic carbocycles. The van der Waals surface area contributed by atoms with Crippen LogP contribution in [0.4, 0.5) is 0 Å². The summed E-state index contributed by atoms with van der Waals surface area (Å²) < 4.78 is 7.70. The second kappa shape index (κ2) is 7.16. The van der Waals surface area contributed by atoms with Crippen molar-refractivity contribution in [3.63, 3.8) is 0 Å². The van der Waals surface area contributed by atoms with Gasteiger partial charge in [0, 0.05) is 18.1 Å². The van der Waals surface area contributed by atoms with E-state index in [4.69, 9.17) is 4.74 Å². The summed E-state index contributed by atoms with van der Waals surface area (Å²) in [4.78, 5) is 8.48. The van der Waals surface area contributed by atoms with E-state index in [9.17, 15) is 15.3 Å². The quantitative estimate of drug-likeness (QED) is 0.516. The first kappa shape index (κ1) is 18.7. The Morgan fingerprint density at radius 2 is 2.07 bits per heavy atom. The van der Waals surface area contributed by atoms with Crippen LogP contribution in [0.15, 0.2) is 36.8 Å². The van der Waals surface area contributed by atoms with Crippen LogP contribution in [0.3, 0.4) is 0 Å². The highest BCUT2D eigenvalue weighted by Crippen LogP contribution is 2.39. The number of hydrogen-bond acceptors (Lipinski definition) is 7. The third kappa shape index (κ3) is 2.95. The van der Waals surface area contributed by atoms with Crippen LogP contribution in [-0.2, 0) is 17.7 Å². The fourth-order valence-corrected chi connectivity index (χ4v) is 4.47. The van der Waals surface area contributed by atoms with Crippen LogP contribution in [0.25, 0.3) is 11.0 Å². The summed E-state index contributed by atoms with van der Waals surface area (Å²) in [5, 5.41) is 36.6. The van der Waals surface area contributed by atoms with E-state index in [1.54, 1.807) is 10.8 Å². The van der Waals surface area contributed by atoms with Crippen LogP contribution in [0, 0.1) is 6.92 Å². The number of aromatic nitrogens is 3. The SMILES string of the molecule is Cc1ncnc2c1ccn2C1OC(C(O)c2cccc3c2CNCC3)C(O)C1O. The van der Waals surface area contributed by atoms with Crippen molar-refractivity contribution >= 4 is 11.0 Å². The van der Waals surface area contributed by atoms with Crippen LogP contribution in [0.5, 0.6) is 0 Å². The highest BCUT2D eigenvalue weighted by Gasteiger charge is 2.48. The molecule has 5 atom stereocenters. The Hall–Kier alpha value is -2.36. The Morgan fingerprint density at radius 3 is 2.93 bits per heavy atom. The molecule has 2 aromatic heterocycles. The van der Waals surface area contributed by atoms with E-state index >= 15 is 0 Å². The molecule has 29 heavy (non-hydrogen) atoms. The fraction of sp³-hybridized carbons (Fsp3) is 0.429. The molecule has 152 valence electrons. The van der Waals surface area contributed by atoms with Crippen molar-refractivity contribution in [1.82, 2.24) is 19.9 Å². The van der Waals surface area contributed by atoms with Gasteiger partial charge in [-0.1, -0.05) is 18.2 Å². The normalized spacial score (nSPS) is 27.9. The number of aryl methyl sites for hydroxylation is 1. The van der Waals surface area contributed by atoms with Crippen molar-refractivity contribution in [3.05, 3.63) is 59.2 Å². The molecule has 0 radical (unpaired) electrons. The van der Waals surface area contributed by atoms with Gasteiger partial charge in [0.25, 0.3) is 0 Å². The molecule has 5 unspecified atom stereocenters. The van der Waals surface area contributed by atoms with Crippen LogP contribution in [0.1, 0.15) is 34.7 Å². The Labute approximate surface area is 167 Å². The average Bonchev–Trinajstić information content (AvgIpc) is 3.29. The number of ether oxygens (including phenoxy) is 1. The molecule has 4 heterocycles. The molecule has 8 nitrogen and oxygen atoms in total. The lowest BCUT2D eigenvalue weighted by molar-refractivity contribution is -0.0851. The van der Waals surface area contributed by atoms with Gasteiger partial charge in [0.15, 0.2) is 6.23 Å². The van der Waals surface area contributed by atoms with Crippen LogP contribution in [0.2, 0.25) is 0 Å². The van der Waals surface area contributed by atoms with E-state index in [0.717, 1.165) is 35.2 Å². The van der Waals surface area contributed by atoms with Crippen molar-refractivity contribution in [2.75, 3.05) is 6.54 Å². The molecule has 0 bridgehead atoms. The number of nitrogens with one attached hydrogen (secondary N) is 1. The molecule has 8 heteroatoms. The maximum atomic E-state index is 11.1. The summed E-state index contributed by atoms with van der Waals surface area (Å²) in [6.45, 7) is 3.45. The number of hydrogen-bond donors (Lipinski definition) is 4. The molecular weight excluding hydrogens is 372 g/mol. The Balaban J connectivity index is 1.48. The average molecular weight is 396 g/mol. The molecule has 2 aliphatic rings. The molecule has 2 aliphatic heterocycles. The third-order valence-corrected chi connectivity index (χ3v) is 6.07. The van der Waals surface area contributed by atoms with Gasteiger partial charge in [0.05, 0.1) is 5.69 Å². The largest absolute Gasteiger partial charge is 0.387 e. The van der Waals surface area contributed by atoms with Gasteiger partial charge >= 0.3 is 0 Å². The van der Waals surface area contributed by atoms with Gasteiger partial charge < -0.3 is 29.9 Å². The van der Waals surface area contributed by atoms with Crippen LogP contribution < -0.4 is 5.32 Å². The van der Waals surface area contributed by atoms with Gasteiger partial charge in [0.1, 0.15) is 36.4 Å². The van der Waals surface area contributed by atoms with Gasteiger partial charge in [-0.25, -0.2) is 9.97 Å². The minimum Gasteiger partial charge on any atom is -0.387 e. The van der Waals surface area contributed by atoms with Gasteiger partial charge in [-0.3, -0.25) is 0 Å². The predicted molar refractivity (Wildman–Crippen MR) is 105 cm³/mol. The summed E-state index contributed by atoms with van der Waals surface area (Å²) in [5.74, 6) is 0. The number of nitrogens with zero attached hydrogens (tertiary/aromatic N) is 3. The summed E-state index contributed by atoms with van der Waals surface area (Å²) in [6.07, 6.45) is -1.18. The maximum absolute atomic E-state index is 11.1. The van der Waals surface area contributed by atoms with Gasteiger partial charge in [-0.2, -0.15) is 0 Å². The van der Waals surface area contributed by atoms with E-state index in [-0.39, 0.29) is 0 Å². The fourth-order valence-electron chi connectivity index (χ4n) is 4.47. The van der Waals surface area contributed by atoms with Crippen molar-refractivity contribution in [1.29, 1.82) is 0 Å². The zero-order valence-corrected chi connectivity index (χ0v) is 16.1. The summed E-state index contributed by atoms with van der Waals surface area (Å²) in [5.41, 5.74) is 4.39. The maximum Gasteiger partial charge on any atom is 0.164 e. The Morgan fingerprint density at radius 1 is 1.21 bits per heavy atom. The first-order valence-corrected chi connectivity index (χ1v) is 9.85. The Kier molecular flexibility index (Phi) is 4.60. The number of rotatable bonds is 3. The molecule has 3 aromatic rings. The molecule has 0 saturated carbocycles. The molecule has 1 saturated heterocycles. The monoisotopic (exact) mass is 396 g/mol. The van der Waals surface area contributed by atoms with Gasteiger partial charge in [-0.05, 0) is 42.6 Å². The van der Waals surface area contributed by atoms with E-state index < -0.39 is 30.6 Å². The molecule has 0 spiro atoms. The standard InChI is InChI=1S/C21H24N4O4/c1-11-13-6-8-25(20(13)24-10-23-11)21-18(28)17(27)19(29-21)16(26)14-4-2-3-12-5-7-22-9-15(12)14/h2-4,6,8,10,16-19,21-22,26-28H,5,7,9H2,1H3. The molecule has 1 fully saturated rings. The predicted octanol–water partition coefficient (Wildman–Crippen LogP) is 0.738. The van der Waals surface area contributed by atoms with Gasteiger partial charge in [0.2, 0.25) is 0 Å². The molecule has 0 amide bonds. The highest BCUT2D eigenvalue weighted by molar-refractivity contribution is 5.78. The van der Waals surface area contributed by atoms with Crippen LogP contribution in [-0.4, -0.2) is 54.7 Å². The number of benzene rings is 1. The minimum atomic E-state index is -1.23. The zero-order valence-electron chi connectivity index (χ0n) is 16.1. The van der Waals surface area contributed by atoms with E-state index in [2.05, 4.69) is 21.4 Å². The van der Waals surface area contributed by atoms with E-state index in [0.29, 0.717) is 12.2 Å². The zero-order chi connectivity index (χ0) is 20.1. The van der Waals surface area contributed by atoms with Crippen molar-refractivity contribution < 1.29 is 20.1 Å². The second-order valence-corrected chi connectivity index (χ2v) is 7.75. The minimum absolute atomic E-state index is 0.616. The highest BCUT2D eigenvalue weighted by atomic mass is 16.6. The smallest absolute Gasteiger partial charge is 0.164 e. The topological polar surface area (TPSA) is 113 Å². The lowest BCUT2D eigenvalue weighted by Gasteiger charge is -2.27. The third-order valence-electron chi connectivity index (χ3n) is 6.07. The van der Waals surface area contributed by atoms with Crippen molar-refractivity contribution in [3.8, 4) is 0 Å². The first-order chi connectivity index (χ1) is 14.1. The van der Waals surface area contributed by atoms with E-state index in [1.165, 1.54) is 11.9 Å². The number of aliphatic hydroxyl groups excluding tert-OH is 3. The summed E-state index contributed by atoms with van der Waals surface area (Å²) >= 11 is 0. The van der Waals surface area contributed by atoms with Crippen LogP contribution >= 0.6 is 0 Å². The van der Waals surface area contributed by atoms with Crippen molar-refractivity contribution in [2.45, 2.75) is 50.5 Å². The van der Waals surface area contributed by atoms with Gasteiger partial charge in [-0.15, -0.1) is 0 Å². The summed E-state index contributed by atoms with van der Waals surface area (Å²) in [7, 11) is 0. The molecule has 5 rings (SSSR count). The Bertz CT molecular complexity index is 1050. The lowest BCUT2D eigenvalue weighted by Crippen LogP contribution is -2.36. The lowest BCUT2D eigenvalue weighted by atomic mass is 9.90. The molecule has 0 aliphatic carbocycles. The molecular formula is C21H24N4O4. The second-order valence-electron chi connectivity index (χ2n) is 7.75. The van der Waals surface area contributed by atoms with E-state index in [1.807, 2.05) is 25.1 Å². The number of fused-ring (bicyclic) bond motifs is 2.